The number of anilines is 1. The first-order valence-corrected chi connectivity index (χ1v) is 10.1. The molecule has 0 saturated carbocycles. The molecule has 1 atom stereocenters. The molecule has 3 aromatic carbocycles. The molecule has 144 valence electrons. The topological polar surface area (TPSA) is 75.3 Å². The van der Waals surface area contributed by atoms with Crippen molar-refractivity contribution < 1.29 is 17.6 Å². The van der Waals surface area contributed by atoms with Crippen LogP contribution in [-0.2, 0) is 10.0 Å². The van der Waals surface area contributed by atoms with Crippen molar-refractivity contribution >= 4 is 21.6 Å². The van der Waals surface area contributed by atoms with Crippen LogP contribution in [0.5, 0.6) is 0 Å². The summed E-state index contributed by atoms with van der Waals surface area (Å²) in [6.07, 6.45) is 0. The molecule has 3 aromatic rings. The van der Waals surface area contributed by atoms with E-state index >= 15 is 0 Å². The van der Waals surface area contributed by atoms with Gasteiger partial charge >= 0.3 is 0 Å². The van der Waals surface area contributed by atoms with E-state index in [1.165, 1.54) is 36.4 Å². The van der Waals surface area contributed by atoms with Crippen LogP contribution >= 0.6 is 0 Å². The number of hydrogen-bond donors (Lipinski definition) is 2. The standard InChI is InChI=1S/C21H19FN2O3S/c1-15(16-5-3-2-4-6-16)23-21(25)17-7-11-19(12-8-17)24-28(26,27)20-13-9-18(22)10-14-20/h2-15,24H,1H3,(H,23,25). The van der Waals surface area contributed by atoms with Gasteiger partial charge in [-0.05, 0) is 61.0 Å². The number of carbonyl (C=O) groups excluding carboxylic acids is 1. The predicted molar refractivity (Wildman–Crippen MR) is 106 cm³/mol. The average Bonchev–Trinajstić information content (AvgIpc) is 2.69. The molecule has 28 heavy (non-hydrogen) atoms. The minimum atomic E-state index is -3.84. The highest BCUT2D eigenvalue weighted by Crippen LogP contribution is 2.18. The third-order valence-electron chi connectivity index (χ3n) is 4.17. The van der Waals surface area contributed by atoms with Gasteiger partial charge in [-0.15, -0.1) is 0 Å². The highest BCUT2D eigenvalue weighted by Gasteiger charge is 2.15. The van der Waals surface area contributed by atoms with E-state index in [-0.39, 0.29) is 16.8 Å². The van der Waals surface area contributed by atoms with Crippen molar-refractivity contribution in [2.75, 3.05) is 4.72 Å². The number of amides is 1. The summed E-state index contributed by atoms with van der Waals surface area (Å²) in [4.78, 5) is 12.3. The van der Waals surface area contributed by atoms with Gasteiger partial charge in [-0.2, -0.15) is 0 Å². The number of carbonyl (C=O) groups is 1. The van der Waals surface area contributed by atoms with Gasteiger partial charge in [0.05, 0.1) is 10.9 Å². The van der Waals surface area contributed by atoms with Gasteiger partial charge in [0.1, 0.15) is 5.82 Å². The minimum absolute atomic E-state index is 0.0487. The molecule has 0 saturated heterocycles. The van der Waals surface area contributed by atoms with E-state index in [0.29, 0.717) is 11.3 Å². The Kier molecular flexibility index (Phi) is 5.75. The van der Waals surface area contributed by atoms with Gasteiger partial charge in [-0.1, -0.05) is 30.3 Å². The lowest BCUT2D eigenvalue weighted by atomic mass is 10.1. The fourth-order valence-corrected chi connectivity index (χ4v) is 3.68. The number of nitrogens with one attached hydrogen (secondary N) is 2. The number of halogens is 1. The van der Waals surface area contributed by atoms with Gasteiger partial charge in [0.2, 0.25) is 0 Å². The minimum Gasteiger partial charge on any atom is -0.346 e. The zero-order valence-electron chi connectivity index (χ0n) is 15.1. The predicted octanol–water partition coefficient (Wildman–Crippen LogP) is 4.12. The fourth-order valence-electron chi connectivity index (χ4n) is 2.62. The van der Waals surface area contributed by atoms with E-state index in [1.54, 1.807) is 0 Å². The second-order valence-electron chi connectivity index (χ2n) is 6.24. The summed E-state index contributed by atoms with van der Waals surface area (Å²) >= 11 is 0. The quantitative estimate of drug-likeness (QED) is 0.656. The van der Waals surface area contributed by atoms with Crippen LogP contribution in [0.4, 0.5) is 10.1 Å². The summed E-state index contributed by atoms with van der Waals surface area (Å²) in [5.74, 6) is -0.775. The van der Waals surface area contributed by atoms with Gasteiger partial charge in [-0.25, -0.2) is 12.8 Å². The molecule has 1 amide bonds. The molecule has 0 aliphatic heterocycles. The highest BCUT2D eigenvalue weighted by molar-refractivity contribution is 7.92. The van der Waals surface area contributed by atoms with Gasteiger partial charge in [0, 0.05) is 11.3 Å². The van der Waals surface area contributed by atoms with Gasteiger partial charge < -0.3 is 5.32 Å². The first kappa shape index (κ1) is 19.6. The van der Waals surface area contributed by atoms with E-state index < -0.39 is 15.8 Å². The van der Waals surface area contributed by atoms with Crippen molar-refractivity contribution in [3.63, 3.8) is 0 Å². The fraction of sp³-hybridized carbons (Fsp3) is 0.0952. The smallest absolute Gasteiger partial charge is 0.261 e. The molecule has 3 rings (SSSR count). The molecule has 0 aliphatic carbocycles. The van der Waals surface area contributed by atoms with Crippen LogP contribution in [0.25, 0.3) is 0 Å². The molecule has 1 unspecified atom stereocenters. The van der Waals surface area contributed by atoms with Crippen LogP contribution in [0, 0.1) is 5.82 Å². The van der Waals surface area contributed by atoms with E-state index in [2.05, 4.69) is 10.0 Å². The average molecular weight is 398 g/mol. The van der Waals surface area contributed by atoms with Gasteiger partial charge in [0.15, 0.2) is 0 Å². The summed E-state index contributed by atoms with van der Waals surface area (Å²) in [5.41, 5.74) is 1.70. The van der Waals surface area contributed by atoms with Crippen LogP contribution in [0.15, 0.2) is 83.8 Å². The molecular formula is C21H19FN2O3S. The van der Waals surface area contributed by atoms with E-state index in [9.17, 15) is 17.6 Å². The van der Waals surface area contributed by atoms with E-state index in [1.807, 2.05) is 37.3 Å². The summed E-state index contributed by atoms with van der Waals surface area (Å²) in [6, 6.07) is 20.0. The third-order valence-corrected chi connectivity index (χ3v) is 5.57. The van der Waals surface area contributed by atoms with Crippen molar-refractivity contribution in [1.82, 2.24) is 5.32 Å². The summed E-state index contributed by atoms with van der Waals surface area (Å²) in [6.45, 7) is 1.89. The Balaban J connectivity index is 1.67. The monoisotopic (exact) mass is 398 g/mol. The lowest BCUT2D eigenvalue weighted by Gasteiger charge is -2.14. The third kappa shape index (κ3) is 4.75. The lowest BCUT2D eigenvalue weighted by molar-refractivity contribution is 0.0940. The molecule has 7 heteroatoms. The molecule has 0 aromatic heterocycles. The molecule has 0 bridgehead atoms. The molecule has 0 fully saturated rings. The summed E-state index contributed by atoms with van der Waals surface area (Å²) in [5, 5.41) is 2.90. The molecule has 0 aliphatic rings. The summed E-state index contributed by atoms with van der Waals surface area (Å²) < 4.78 is 40.0. The maximum absolute atomic E-state index is 13.0. The van der Waals surface area contributed by atoms with Crippen LogP contribution in [0.2, 0.25) is 0 Å². The maximum atomic E-state index is 13.0. The van der Waals surface area contributed by atoms with Crippen molar-refractivity contribution in [2.45, 2.75) is 17.9 Å². The van der Waals surface area contributed by atoms with Crippen molar-refractivity contribution in [3.05, 3.63) is 95.8 Å². The first-order valence-electron chi connectivity index (χ1n) is 8.59. The van der Waals surface area contributed by atoms with Gasteiger partial charge in [-0.3, -0.25) is 9.52 Å². The zero-order valence-corrected chi connectivity index (χ0v) is 15.9. The largest absolute Gasteiger partial charge is 0.346 e. The Labute approximate surface area is 163 Å². The lowest BCUT2D eigenvalue weighted by Crippen LogP contribution is -2.26. The number of sulfonamides is 1. The number of benzene rings is 3. The molecule has 0 spiro atoms. The summed E-state index contributed by atoms with van der Waals surface area (Å²) in [7, 11) is -3.84. The number of hydrogen-bond acceptors (Lipinski definition) is 3. The van der Waals surface area contributed by atoms with Crippen LogP contribution in [-0.4, -0.2) is 14.3 Å². The molecule has 5 nitrogen and oxygen atoms in total. The van der Waals surface area contributed by atoms with Crippen LogP contribution < -0.4 is 10.0 Å². The van der Waals surface area contributed by atoms with Crippen molar-refractivity contribution in [3.8, 4) is 0 Å². The number of rotatable bonds is 6. The second kappa shape index (κ2) is 8.22. The maximum Gasteiger partial charge on any atom is 0.261 e. The molecule has 0 radical (unpaired) electrons. The van der Waals surface area contributed by atoms with Crippen LogP contribution in [0.3, 0.4) is 0 Å². The first-order chi connectivity index (χ1) is 13.3. The molecule has 0 heterocycles. The van der Waals surface area contributed by atoms with E-state index in [4.69, 9.17) is 0 Å². The van der Waals surface area contributed by atoms with E-state index in [0.717, 1.165) is 17.7 Å². The SMILES string of the molecule is CC(NC(=O)c1ccc(NS(=O)(=O)c2ccc(F)cc2)cc1)c1ccccc1. The van der Waals surface area contributed by atoms with Crippen molar-refractivity contribution in [1.29, 1.82) is 0 Å². The Morgan fingerprint density at radius 1 is 0.893 bits per heavy atom. The Morgan fingerprint density at radius 3 is 2.11 bits per heavy atom. The Morgan fingerprint density at radius 2 is 1.50 bits per heavy atom. The molecule has 2 N–H and O–H groups in total. The van der Waals surface area contributed by atoms with Gasteiger partial charge in [0.25, 0.3) is 15.9 Å². The van der Waals surface area contributed by atoms with Crippen molar-refractivity contribution in [2.24, 2.45) is 0 Å². The Hall–Kier alpha value is -3.19. The Bertz CT molecular complexity index is 1050. The second-order valence-corrected chi connectivity index (χ2v) is 7.93. The normalized spacial score (nSPS) is 12.2. The highest BCUT2D eigenvalue weighted by atomic mass is 32.2. The molecular weight excluding hydrogens is 379 g/mol. The van der Waals surface area contributed by atoms with Crippen LogP contribution in [0.1, 0.15) is 28.9 Å². The zero-order chi connectivity index (χ0) is 20.1.